The van der Waals surface area contributed by atoms with Gasteiger partial charge < -0.3 is 23.5 Å². The zero-order valence-corrected chi connectivity index (χ0v) is 16.9. The lowest BCUT2D eigenvalue weighted by Gasteiger charge is -2.05. The van der Waals surface area contributed by atoms with Gasteiger partial charge >= 0.3 is 5.97 Å². The summed E-state index contributed by atoms with van der Waals surface area (Å²) in [5, 5.41) is 0.971. The van der Waals surface area contributed by atoms with Gasteiger partial charge in [-0.25, -0.2) is 4.79 Å². The third-order valence-corrected chi connectivity index (χ3v) is 4.97. The molecule has 0 atom stereocenters. The molecule has 0 radical (unpaired) electrons. The maximum atomic E-state index is 12.8. The fourth-order valence-electron chi connectivity index (χ4n) is 3.41. The van der Waals surface area contributed by atoms with Crippen LogP contribution in [0.3, 0.4) is 0 Å². The van der Waals surface area contributed by atoms with Gasteiger partial charge in [0.15, 0.2) is 12.4 Å². The predicted octanol–water partition coefficient (Wildman–Crippen LogP) is 3.84. The zero-order chi connectivity index (χ0) is 21.3. The number of allylic oxidation sites excluding steroid dienone is 1. The van der Waals surface area contributed by atoms with E-state index in [9.17, 15) is 9.59 Å². The first-order chi connectivity index (χ1) is 14.5. The highest BCUT2D eigenvalue weighted by atomic mass is 16.6. The van der Waals surface area contributed by atoms with Crippen molar-refractivity contribution in [3.8, 4) is 17.2 Å². The average molecular weight is 407 g/mol. The molecule has 0 spiro atoms. The van der Waals surface area contributed by atoms with Crippen molar-refractivity contribution in [1.82, 2.24) is 4.57 Å². The van der Waals surface area contributed by atoms with Gasteiger partial charge in [-0.2, -0.15) is 0 Å². The Labute approximate surface area is 173 Å². The number of carbonyl (C=O) groups excluding carboxylic acids is 2. The van der Waals surface area contributed by atoms with E-state index in [0.717, 1.165) is 28.8 Å². The van der Waals surface area contributed by atoms with Crippen LogP contribution in [0.4, 0.5) is 0 Å². The highest BCUT2D eigenvalue weighted by molar-refractivity contribution is 6.15. The van der Waals surface area contributed by atoms with Crippen molar-refractivity contribution in [2.75, 3.05) is 20.8 Å². The van der Waals surface area contributed by atoms with E-state index in [1.54, 1.807) is 31.4 Å². The van der Waals surface area contributed by atoms with E-state index in [1.165, 1.54) is 7.11 Å². The standard InChI is InChI=1S/C23H21NO6/c1-4-24-12-14(18-10-15(27-2)6-8-19(18)24)9-21-23(26)17-7-5-16(11-20(17)30-21)29-13-22(25)28-3/h5-12H,4,13H2,1-3H3/b21-9-. The average Bonchev–Trinajstić information content (AvgIpc) is 3.28. The molecule has 30 heavy (non-hydrogen) atoms. The van der Waals surface area contributed by atoms with Crippen LogP contribution in [0.15, 0.2) is 48.4 Å². The molecule has 7 heteroatoms. The highest BCUT2D eigenvalue weighted by Crippen LogP contribution is 2.36. The second-order valence-electron chi connectivity index (χ2n) is 6.72. The van der Waals surface area contributed by atoms with E-state index in [-0.39, 0.29) is 18.1 Å². The van der Waals surface area contributed by atoms with Crippen molar-refractivity contribution in [3.63, 3.8) is 0 Å². The lowest BCUT2D eigenvalue weighted by Crippen LogP contribution is -2.12. The fraction of sp³-hybridized carbons (Fsp3) is 0.217. The summed E-state index contributed by atoms with van der Waals surface area (Å²) in [4.78, 5) is 24.1. The number of Topliss-reactive ketones (excluding diaryl/α,β-unsaturated/α-hetero) is 1. The van der Waals surface area contributed by atoms with Gasteiger partial charge in [-0.1, -0.05) is 0 Å². The predicted molar refractivity (Wildman–Crippen MR) is 111 cm³/mol. The molecule has 1 aliphatic rings. The van der Waals surface area contributed by atoms with Gasteiger partial charge in [-0.05, 0) is 43.3 Å². The lowest BCUT2D eigenvalue weighted by molar-refractivity contribution is -0.142. The first-order valence-corrected chi connectivity index (χ1v) is 9.48. The van der Waals surface area contributed by atoms with Gasteiger partial charge in [0.25, 0.3) is 0 Å². The molecule has 154 valence electrons. The number of aromatic nitrogens is 1. The van der Waals surface area contributed by atoms with Gasteiger partial charge in [-0.15, -0.1) is 0 Å². The maximum absolute atomic E-state index is 12.8. The van der Waals surface area contributed by atoms with Crippen LogP contribution in [0.5, 0.6) is 17.2 Å². The third-order valence-electron chi connectivity index (χ3n) is 4.97. The molecule has 0 amide bonds. The third kappa shape index (κ3) is 3.50. The van der Waals surface area contributed by atoms with Gasteiger partial charge in [0.2, 0.25) is 5.78 Å². The van der Waals surface area contributed by atoms with Crippen molar-refractivity contribution in [3.05, 3.63) is 59.5 Å². The lowest BCUT2D eigenvalue weighted by atomic mass is 10.1. The van der Waals surface area contributed by atoms with Crippen LogP contribution in [0.25, 0.3) is 17.0 Å². The largest absolute Gasteiger partial charge is 0.497 e. The van der Waals surface area contributed by atoms with E-state index in [1.807, 2.05) is 24.4 Å². The number of carbonyl (C=O) groups is 2. The Morgan fingerprint density at radius 3 is 2.67 bits per heavy atom. The quantitative estimate of drug-likeness (QED) is 0.457. The molecule has 2 heterocycles. The van der Waals surface area contributed by atoms with Gasteiger partial charge in [0.05, 0.1) is 19.8 Å². The summed E-state index contributed by atoms with van der Waals surface area (Å²) in [6.07, 6.45) is 3.73. The summed E-state index contributed by atoms with van der Waals surface area (Å²) in [7, 11) is 2.91. The molecule has 0 saturated heterocycles. The van der Waals surface area contributed by atoms with E-state index in [2.05, 4.69) is 16.2 Å². The van der Waals surface area contributed by atoms with Crippen molar-refractivity contribution in [1.29, 1.82) is 0 Å². The van der Waals surface area contributed by atoms with Gasteiger partial charge in [0, 0.05) is 35.3 Å². The molecule has 3 aromatic rings. The van der Waals surface area contributed by atoms with Gasteiger partial charge in [-0.3, -0.25) is 4.79 Å². The molecule has 0 unspecified atom stereocenters. The summed E-state index contributed by atoms with van der Waals surface area (Å²) < 4.78 is 23.2. The number of fused-ring (bicyclic) bond motifs is 2. The molecule has 1 aromatic heterocycles. The van der Waals surface area contributed by atoms with E-state index in [4.69, 9.17) is 14.2 Å². The molecule has 0 saturated carbocycles. The van der Waals surface area contributed by atoms with Crippen LogP contribution in [0.1, 0.15) is 22.8 Å². The number of esters is 1. The molecule has 4 rings (SSSR count). The summed E-state index contributed by atoms with van der Waals surface area (Å²) >= 11 is 0. The molecule has 0 N–H and O–H groups in total. The van der Waals surface area contributed by atoms with Crippen molar-refractivity contribution in [2.24, 2.45) is 0 Å². The molecular formula is C23H21NO6. The Kier molecular flexibility index (Phi) is 5.18. The Hall–Kier alpha value is -3.74. The summed E-state index contributed by atoms with van der Waals surface area (Å²) in [6, 6.07) is 10.7. The van der Waals surface area contributed by atoms with Crippen LogP contribution in [-0.4, -0.2) is 37.1 Å². The summed E-state index contributed by atoms with van der Waals surface area (Å²) in [6.45, 7) is 2.63. The number of aryl methyl sites for hydroxylation is 1. The molecule has 0 fully saturated rings. The molecular weight excluding hydrogens is 386 g/mol. The minimum absolute atomic E-state index is 0.204. The Morgan fingerprint density at radius 1 is 1.13 bits per heavy atom. The normalized spacial score (nSPS) is 14.0. The Morgan fingerprint density at radius 2 is 1.93 bits per heavy atom. The SMILES string of the molecule is CCn1cc(/C=C2\Oc3cc(OCC(=O)OC)ccc3C2=O)c2cc(OC)ccc21. The monoisotopic (exact) mass is 407 g/mol. The number of hydrogen-bond donors (Lipinski definition) is 0. The first-order valence-electron chi connectivity index (χ1n) is 9.48. The van der Waals surface area contributed by atoms with Crippen LogP contribution in [0.2, 0.25) is 0 Å². The second kappa shape index (κ2) is 7.94. The Balaban J connectivity index is 1.66. The maximum Gasteiger partial charge on any atom is 0.343 e. The molecule has 2 aromatic carbocycles. The van der Waals surface area contributed by atoms with E-state index in [0.29, 0.717) is 17.1 Å². The van der Waals surface area contributed by atoms with Crippen molar-refractivity contribution >= 4 is 28.7 Å². The topological polar surface area (TPSA) is 76.0 Å². The number of hydrogen-bond acceptors (Lipinski definition) is 6. The van der Waals surface area contributed by atoms with Crippen molar-refractivity contribution < 1.29 is 28.5 Å². The first kappa shape index (κ1) is 19.6. The number of ether oxygens (including phenoxy) is 4. The van der Waals surface area contributed by atoms with Crippen LogP contribution >= 0.6 is 0 Å². The van der Waals surface area contributed by atoms with Crippen LogP contribution in [0, 0.1) is 0 Å². The fourth-order valence-corrected chi connectivity index (χ4v) is 3.41. The smallest absolute Gasteiger partial charge is 0.343 e. The second-order valence-corrected chi connectivity index (χ2v) is 6.72. The number of rotatable bonds is 6. The van der Waals surface area contributed by atoms with Crippen LogP contribution < -0.4 is 14.2 Å². The molecule has 0 bridgehead atoms. The minimum atomic E-state index is -0.490. The minimum Gasteiger partial charge on any atom is -0.497 e. The van der Waals surface area contributed by atoms with Gasteiger partial charge in [0.1, 0.15) is 17.2 Å². The number of methoxy groups -OCH3 is 2. The van der Waals surface area contributed by atoms with E-state index < -0.39 is 5.97 Å². The Bertz CT molecular complexity index is 1170. The molecule has 0 aliphatic carbocycles. The van der Waals surface area contributed by atoms with Crippen molar-refractivity contribution in [2.45, 2.75) is 13.5 Å². The number of nitrogens with zero attached hydrogens (tertiary/aromatic N) is 1. The van der Waals surface area contributed by atoms with E-state index >= 15 is 0 Å². The summed E-state index contributed by atoms with van der Waals surface area (Å²) in [5.74, 6) is 1.09. The van der Waals surface area contributed by atoms with Crippen LogP contribution in [-0.2, 0) is 16.1 Å². The summed E-state index contributed by atoms with van der Waals surface area (Å²) in [5.41, 5.74) is 2.36. The zero-order valence-electron chi connectivity index (χ0n) is 16.9. The highest BCUT2D eigenvalue weighted by Gasteiger charge is 2.28. The molecule has 1 aliphatic heterocycles. The number of ketones is 1. The molecule has 7 nitrogen and oxygen atoms in total. The number of benzene rings is 2.